The summed E-state index contributed by atoms with van der Waals surface area (Å²) in [5, 5.41) is 0. The molecule has 0 heterocycles. The van der Waals surface area contributed by atoms with Gasteiger partial charge in [-0.3, -0.25) is 9.56 Å². The van der Waals surface area contributed by atoms with Crippen LogP contribution in [0.25, 0.3) is 0 Å². The first kappa shape index (κ1) is 27.0. The Labute approximate surface area is 209 Å². The van der Waals surface area contributed by atoms with E-state index in [1.165, 1.54) is 0 Å². The molecule has 0 amide bonds. The van der Waals surface area contributed by atoms with Gasteiger partial charge in [0.2, 0.25) is 5.53 Å². The predicted octanol–water partition coefficient (Wildman–Crippen LogP) is 7.15. The minimum absolute atomic E-state index is 0.250. The fourth-order valence-corrected chi connectivity index (χ4v) is 6.81. The van der Waals surface area contributed by atoms with Crippen molar-refractivity contribution < 1.29 is 18.6 Å². The van der Waals surface area contributed by atoms with E-state index < -0.39 is 18.7 Å². The van der Waals surface area contributed by atoms with Gasteiger partial charge in [-0.05, 0) is 33.3 Å². The monoisotopic (exact) mass is 493 g/mol. The average Bonchev–Trinajstić information content (AvgIpc) is 2.88. The third-order valence-corrected chi connectivity index (χ3v) is 8.85. The van der Waals surface area contributed by atoms with Gasteiger partial charge in [0.15, 0.2) is 0 Å². The second-order valence-electron chi connectivity index (χ2n) is 8.16. The van der Waals surface area contributed by atoms with Crippen molar-refractivity contribution in [2.24, 2.45) is 4.99 Å². The summed E-state index contributed by atoms with van der Waals surface area (Å²) in [7, 11) is -3.68. The Balaban J connectivity index is 2.25. The molecule has 0 unspecified atom stereocenters. The van der Waals surface area contributed by atoms with Gasteiger partial charge in [0.1, 0.15) is 5.78 Å². The molecule has 3 aromatic carbocycles. The number of ether oxygens (including phenoxy) is 2. The molecule has 3 aromatic rings. The van der Waals surface area contributed by atoms with E-state index in [0.717, 1.165) is 22.4 Å². The largest absolute Gasteiger partial charge is 0.342 e. The van der Waals surface area contributed by atoms with E-state index in [2.05, 4.69) is 0 Å². The third-order valence-electron chi connectivity index (χ3n) is 5.74. The molecule has 0 aliphatic rings. The topological polar surface area (TPSA) is 57.1 Å². The van der Waals surface area contributed by atoms with Crippen LogP contribution in [0.5, 0.6) is 0 Å². The molecular formula is C29H36NO4P. The highest BCUT2D eigenvalue weighted by atomic mass is 31.2. The Kier molecular flexibility index (Phi) is 10.00. The van der Waals surface area contributed by atoms with Crippen molar-refractivity contribution in [3.05, 3.63) is 108 Å². The highest BCUT2D eigenvalue weighted by Gasteiger charge is 2.53. The number of hydrogen-bond donors (Lipinski definition) is 0. The molecule has 186 valence electrons. The highest BCUT2D eigenvalue weighted by molar-refractivity contribution is 7.61. The molecule has 0 aliphatic carbocycles. The first-order valence-corrected chi connectivity index (χ1v) is 13.9. The van der Waals surface area contributed by atoms with Crippen LogP contribution in [0.15, 0.2) is 96.0 Å². The van der Waals surface area contributed by atoms with Gasteiger partial charge in [-0.2, -0.15) is 0 Å². The fraction of sp³-hybridized carbons (Fsp3) is 0.345. The zero-order valence-corrected chi connectivity index (χ0v) is 22.0. The van der Waals surface area contributed by atoms with Crippen molar-refractivity contribution >= 4 is 13.1 Å². The molecule has 2 atom stereocenters. The fourth-order valence-electron chi connectivity index (χ4n) is 4.15. The van der Waals surface area contributed by atoms with Gasteiger partial charge in [0, 0.05) is 30.8 Å². The van der Waals surface area contributed by atoms with E-state index in [1.54, 1.807) is 6.92 Å². The molecule has 35 heavy (non-hydrogen) atoms. The molecule has 0 aliphatic heterocycles. The van der Waals surface area contributed by atoms with Gasteiger partial charge >= 0.3 is 0 Å². The first-order chi connectivity index (χ1) is 17.0. The number of rotatable bonds is 13. The minimum Gasteiger partial charge on any atom is -0.342 e. The van der Waals surface area contributed by atoms with Crippen LogP contribution < -0.4 is 0 Å². The summed E-state index contributed by atoms with van der Waals surface area (Å²) >= 11 is 0. The molecule has 0 bridgehead atoms. The summed E-state index contributed by atoms with van der Waals surface area (Å²) in [5.74, 6) is -0.733. The standard InChI is InChI=1S/C29H36NO4P/c1-5-32-29(4,33-6-2)35(31,34-7-3)27(23-24-17-11-8-12-18-24)30-28(25-19-13-9-14-20-25)26-21-15-10-16-22-26/h8-22,27H,5-7,23H2,1-4H3/t27-,35+/m1/s1. The normalized spacial score (nSPS) is 14.2. The summed E-state index contributed by atoms with van der Waals surface area (Å²) in [4.78, 5) is 5.20. The van der Waals surface area contributed by atoms with Crippen LogP contribution in [0.4, 0.5) is 0 Å². The van der Waals surface area contributed by atoms with Crippen LogP contribution in [0.3, 0.4) is 0 Å². The van der Waals surface area contributed by atoms with Crippen molar-refractivity contribution in [1.82, 2.24) is 0 Å². The molecule has 0 fully saturated rings. The van der Waals surface area contributed by atoms with E-state index in [-0.39, 0.29) is 6.61 Å². The van der Waals surface area contributed by atoms with Crippen LogP contribution in [-0.4, -0.2) is 36.8 Å². The molecule has 0 N–H and O–H groups in total. The summed E-state index contributed by atoms with van der Waals surface area (Å²) in [5.41, 5.74) is 2.21. The maximum Gasteiger partial charge on any atom is 0.284 e. The summed E-state index contributed by atoms with van der Waals surface area (Å²) in [6.45, 7) is 8.20. The van der Waals surface area contributed by atoms with E-state index >= 15 is 0 Å². The van der Waals surface area contributed by atoms with E-state index in [4.69, 9.17) is 19.0 Å². The lowest BCUT2D eigenvalue weighted by Gasteiger charge is -2.39. The lowest BCUT2D eigenvalue weighted by atomic mass is 10.0. The van der Waals surface area contributed by atoms with E-state index in [0.29, 0.717) is 19.6 Å². The van der Waals surface area contributed by atoms with Gasteiger partial charge in [-0.15, -0.1) is 0 Å². The zero-order chi connectivity index (χ0) is 25.2. The van der Waals surface area contributed by atoms with Crippen molar-refractivity contribution in [3.63, 3.8) is 0 Å². The second-order valence-corrected chi connectivity index (χ2v) is 11.0. The Morgan fingerprint density at radius 3 is 1.66 bits per heavy atom. The van der Waals surface area contributed by atoms with Crippen molar-refractivity contribution in [3.8, 4) is 0 Å². The molecular weight excluding hydrogens is 457 g/mol. The van der Waals surface area contributed by atoms with Gasteiger partial charge in [-0.1, -0.05) is 91.0 Å². The summed E-state index contributed by atoms with van der Waals surface area (Å²) < 4.78 is 33.1. The van der Waals surface area contributed by atoms with Crippen molar-refractivity contribution in [2.75, 3.05) is 19.8 Å². The highest BCUT2D eigenvalue weighted by Crippen LogP contribution is 2.65. The van der Waals surface area contributed by atoms with Crippen LogP contribution >= 0.6 is 7.37 Å². The van der Waals surface area contributed by atoms with Crippen LogP contribution in [0.2, 0.25) is 0 Å². The maximum absolute atomic E-state index is 14.9. The molecule has 3 rings (SSSR count). The Morgan fingerprint density at radius 2 is 1.23 bits per heavy atom. The number of benzene rings is 3. The van der Waals surface area contributed by atoms with Crippen LogP contribution in [0, 0.1) is 0 Å². The van der Waals surface area contributed by atoms with Gasteiger partial charge in [-0.25, -0.2) is 0 Å². The van der Waals surface area contributed by atoms with E-state index in [9.17, 15) is 4.57 Å². The van der Waals surface area contributed by atoms with Crippen molar-refractivity contribution in [2.45, 2.75) is 45.4 Å². The van der Waals surface area contributed by atoms with E-state index in [1.807, 2.05) is 112 Å². The Bertz CT molecular complexity index is 1060. The lowest BCUT2D eigenvalue weighted by molar-refractivity contribution is -0.168. The molecule has 0 aromatic heterocycles. The second kappa shape index (κ2) is 12.9. The number of aliphatic imine (C=N–C) groups is 1. The molecule has 6 heteroatoms. The maximum atomic E-state index is 14.9. The summed E-state index contributed by atoms with van der Waals surface area (Å²) in [6, 6.07) is 29.9. The Morgan fingerprint density at radius 1 is 0.771 bits per heavy atom. The molecule has 0 radical (unpaired) electrons. The zero-order valence-electron chi connectivity index (χ0n) is 21.1. The van der Waals surface area contributed by atoms with Crippen molar-refractivity contribution in [1.29, 1.82) is 0 Å². The lowest BCUT2D eigenvalue weighted by Crippen LogP contribution is -2.38. The molecule has 0 spiro atoms. The smallest absolute Gasteiger partial charge is 0.284 e. The Hall–Kier alpha value is -2.56. The molecule has 5 nitrogen and oxygen atoms in total. The van der Waals surface area contributed by atoms with Gasteiger partial charge in [0.05, 0.1) is 12.3 Å². The minimum atomic E-state index is -3.68. The number of hydrogen-bond acceptors (Lipinski definition) is 5. The van der Waals surface area contributed by atoms with Crippen LogP contribution in [0.1, 0.15) is 44.4 Å². The quantitative estimate of drug-likeness (QED) is 0.144. The van der Waals surface area contributed by atoms with Crippen LogP contribution in [-0.2, 0) is 25.0 Å². The van der Waals surface area contributed by atoms with Gasteiger partial charge in [0.25, 0.3) is 7.37 Å². The average molecular weight is 494 g/mol. The third kappa shape index (κ3) is 6.56. The first-order valence-electron chi connectivity index (χ1n) is 12.2. The molecule has 0 saturated carbocycles. The predicted molar refractivity (Wildman–Crippen MR) is 143 cm³/mol. The molecule has 0 saturated heterocycles. The number of nitrogens with zero attached hydrogens (tertiary/aromatic N) is 1. The van der Waals surface area contributed by atoms with Gasteiger partial charge < -0.3 is 14.0 Å². The summed E-state index contributed by atoms with van der Waals surface area (Å²) in [6.07, 6.45) is 0.414. The SMILES string of the molecule is CCOC(C)(OCC)[P@@](=O)(OCC)[C@H](Cc1ccccc1)N=C(c1ccccc1)c1ccccc1.